The minimum Gasteiger partial charge on any atom is -0.143 e. The highest BCUT2D eigenvalue weighted by molar-refractivity contribution is 7.42. The fourth-order valence-electron chi connectivity index (χ4n) is 0.292. The van der Waals surface area contributed by atoms with Crippen molar-refractivity contribution < 1.29 is 9.09 Å². The van der Waals surface area contributed by atoms with Gasteiger partial charge in [-0.1, -0.05) is 0 Å². The Hall–Kier alpha value is -0.200. The number of rotatable bonds is 3. The minimum atomic E-state index is -1.51. The molecule has 0 aromatic heterocycles. The van der Waals surface area contributed by atoms with E-state index >= 15 is 0 Å². The van der Waals surface area contributed by atoms with E-state index in [0.29, 0.717) is 6.61 Å². The summed E-state index contributed by atoms with van der Waals surface area (Å²) < 4.78 is 15.2. The molecule has 8 heavy (non-hydrogen) atoms. The zero-order chi connectivity index (χ0) is 6.41. The van der Waals surface area contributed by atoms with Crippen molar-refractivity contribution in [2.45, 2.75) is 13.8 Å². The summed E-state index contributed by atoms with van der Waals surface area (Å²) in [7, 11) is -1.51. The van der Waals surface area contributed by atoms with Crippen molar-refractivity contribution in [2.75, 3.05) is 6.61 Å². The minimum absolute atomic E-state index is 0.513. The van der Waals surface area contributed by atoms with Gasteiger partial charge in [0.1, 0.15) is 6.61 Å². The molecule has 0 aliphatic carbocycles. The van der Waals surface area contributed by atoms with Crippen molar-refractivity contribution in [1.82, 2.24) is 0 Å². The molecule has 0 bridgehead atoms. The highest BCUT2D eigenvalue weighted by atomic mass is 31.1. The van der Waals surface area contributed by atoms with E-state index in [-0.39, 0.29) is 0 Å². The van der Waals surface area contributed by atoms with E-state index in [4.69, 9.17) is 4.52 Å². The van der Waals surface area contributed by atoms with Crippen LogP contribution >= 0.6 is 8.03 Å². The second-order valence-corrected chi connectivity index (χ2v) is 2.31. The number of hydrogen-bond donors (Lipinski definition) is 0. The standard InChI is InChI=1S/C5H10O2P/c1-3-5-8(6)7-4-2/h3,5H,4H2,1-2H3/q+1. The summed E-state index contributed by atoms with van der Waals surface area (Å²) in [4.78, 5) is 0. The molecule has 46 valence electrons. The molecule has 1 unspecified atom stereocenters. The lowest BCUT2D eigenvalue weighted by atomic mass is 10.8. The predicted molar refractivity (Wildman–Crippen MR) is 34.0 cm³/mol. The molecule has 0 fully saturated rings. The first-order valence-electron chi connectivity index (χ1n) is 2.53. The molecular formula is C5H10O2P+. The second-order valence-electron chi connectivity index (χ2n) is 1.19. The van der Waals surface area contributed by atoms with Crippen molar-refractivity contribution in [3.05, 3.63) is 11.9 Å². The van der Waals surface area contributed by atoms with Gasteiger partial charge >= 0.3 is 8.03 Å². The molecule has 0 amide bonds. The smallest absolute Gasteiger partial charge is 0.143 e. The Morgan fingerprint density at radius 2 is 2.38 bits per heavy atom. The van der Waals surface area contributed by atoms with Crippen LogP contribution in [0.4, 0.5) is 0 Å². The van der Waals surface area contributed by atoms with E-state index in [2.05, 4.69) is 0 Å². The van der Waals surface area contributed by atoms with Gasteiger partial charge < -0.3 is 0 Å². The SMILES string of the molecule is CC=C[P+](=O)OCC. The Morgan fingerprint density at radius 1 is 1.75 bits per heavy atom. The molecule has 0 heterocycles. The van der Waals surface area contributed by atoms with Gasteiger partial charge in [-0.3, -0.25) is 0 Å². The first kappa shape index (κ1) is 7.80. The van der Waals surface area contributed by atoms with Crippen molar-refractivity contribution in [2.24, 2.45) is 0 Å². The fourth-order valence-corrected chi connectivity index (χ4v) is 0.876. The summed E-state index contributed by atoms with van der Waals surface area (Å²) in [5.41, 5.74) is 0. The Balaban J connectivity index is 3.33. The van der Waals surface area contributed by atoms with Crippen LogP contribution < -0.4 is 0 Å². The van der Waals surface area contributed by atoms with Gasteiger partial charge in [-0.15, -0.1) is 4.52 Å². The molecule has 2 nitrogen and oxygen atoms in total. The number of allylic oxidation sites excluding steroid dienone is 1. The molecule has 3 heteroatoms. The van der Waals surface area contributed by atoms with Crippen LogP contribution in [0.5, 0.6) is 0 Å². The molecular weight excluding hydrogens is 123 g/mol. The van der Waals surface area contributed by atoms with E-state index in [1.807, 2.05) is 13.8 Å². The molecule has 0 spiro atoms. The van der Waals surface area contributed by atoms with Gasteiger partial charge in [-0.05, 0) is 24.5 Å². The summed E-state index contributed by atoms with van der Waals surface area (Å²) in [6.45, 7) is 4.14. The molecule has 0 rings (SSSR count). The maximum Gasteiger partial charge on any atom is 0.540 e. The number of hydrogen-bond acceptors (Lipinski definition) is 2. The zero-order valence-electron chi connectivity index (χ0n) is 5.13. The van der Waals surface area contributed by atoms with Gasteiger partial charge in [0.25, 0.3) is 0 Å². The van der Waals surface area contributed by atoms with Gasteiger partial charge in [0.05, 0.1) is 0 Å². The zero-order valence-corrected chi connectivity index (χ0v) is 6.02. The monoisotopic (exact) mass is 133 g/mol. The molecule has 0 aromatic rings. The quantitative estimate of drug-likeness (QED) is 0.552. The maximum atomic E-state index is 10.5. The largest absolute Gasteiger partial charge is 0.540 e. The molecule has 0 saturated carbocycles. The molecule has 0 saturated heterocycles. The van der Waals surface area contributed by atoms with E-state index in [1.54, 1.807) is 11.9 Å². The van der Waals surface area contributed by atoms with Crippen LogP contribution in [0.1, 0.15) is 13.8 Å². The van der Waals surface area contributed by atoms with Crippen molar-refractivity contribution in [3.63, 3.8) is 0 Å². The van der Waals surface area contributed by atoms with Crippen LogP contribution in [0.25, 0.3) is 0 Å². The molecule has 0 aliphatic rings. The third-order valence-electron chi connectivity index (χ3n) is 0.527. The highest BCUT2D eigenvalue weighted by Gasteiger charge is 2.07. The first-order chi connectivity index (χ1) is 3.81. The first-order valence-corrected chi connectivity index (χ1v) is 3.78. The molecule has 0 aromatic carbocycles. The van der Waals surface area contributed by atoms with Crippen LogP contribution in [-0.4, -0.2) is 6.61 Å². The highest BCUT2D eigenvalue weighted by Crippen LogP contribution is 2.22. The van der Waals surface area contributed by atoms with E-state index in [9.17, 15) is 4.57 Å². The summed E-state index contributed by atoms with van der Waals surface area (Å²) in [6, 6.07) is 0. The Labute approximate surface area is 50.4 Å². The summed E-state index contributed by atoms with van der Waals surface area (Å²) >= 11 is 0. The van der Waals surface area contributed by atoms with Gasteiger partial charge in [0.2, 0.25) is 0 Å². The molecule has 0 radical (unpaired) electrons. The van der Waals surface area contributed by atoms with Crippen LogP contribution in [-0.2, 0) is 9.09 Å². The summed E-state index contributed by atoms with van der Waals surface area (Å²) in [6.07, 6.45) is 1.72. The van der Waals surface area contributed by atoms with Gasteiger partial charge in [-0.2, -0.15) is 0 Å². The normalized spacial score (nSPS) is 12.5. The van der Waals surface area contributed by atoms with Gasteiger partial charge in [-0.25, -0.2) is 0 Å². The maximum absolute atomic E-state index is 10.5. The van der Waals surface area contributed by atoms with E-state index < -0.39 is 8.03 Å². The van der Waals surface area contributed by atoms with Crippen molar-refractivity contribution >= 4 is 8.03 Å². The summed E-state index contributed by atoms with van der Waals surface area (Å²) in [5.74, 6) is 1.54. The third kappa shape index (κ3) is 3.97. The topological polar surface area (TPSA) is 26.3 Å². The third-order valence-corrected chi connectivity index (χ3v) is 1.58. The summed E-state index contributed by atoms with van der Waals surface area (Å²) in [5, 5.41) is 0. The van der Waals surface area contributed by atoms with Crippen LogP contribution in [0, 0.1) is 0 Å². The molecule has 0 aliphatic heterocycles. The lowest BCUT2D eigenvalue weighted by Crippen LogP contribution is -1.72. The molecule has 0 N–H and O–H groups in total. The fraction of sp³-hybridized carbons (Fsp3) is 0.600. The average Bonchev–Trinajstić information content (AvgIpc) is 1.68. The second kappa shape index (κ2) is 4.95. The molecule has 1 atom stereocenters. The van der Waals surface area contributed by atoms with Crippen molar-refractivity contribution in [3.8, 4) is 0 Å². The van der Waals surface area contributed by atoms with Crippen molar-refractivity contribution in [1.29, 1.82) is 0 Å². The van der Waals surface area contributed by atoms with E-state index in [0.717, 1.165) is 0 Å². The Bertz CT molecular complexity index is 98.6. The van der Waals surface area contributed by atoms with E-state index in [1.165, 1.54) is 0 Å². The predicted octanol–water partition coefficient (Wildman–Crippen LogP) is 2.30. The Morgan fingerprint density at radius 3 is 2.75 bits per heavy atom. The lowest BCUT2D eigenvalue weighted by Gasteiger charge is -1.73. The van der Waals surface area contributed by atoms with Gasteiger partial charge in [0, 0.05) is 0 Å². The van der Waals surface area contributed by atoms with Crippen LogP contribution in [0.2, 0.25) is 0 Å². The lowest BCUT2D eigenvalue weighted by molar-refractivity contribution is 0.356. The van der Waals surface area contributed by atoms with Crippen LogP contribution in [0.15, 0.2) is 11.9 Å². The van der Waals surface area contributed by atoms with Crippen LogP contribution in [0.3, 0.4) is 0 Å². The Kier molecular flexibility index (Phi) is 4.82. The average molecular weight is 133 g/mol. The van der Waals surface area contributed by atoms with Gasteiger partial charge in [0.15, 0.2) is 5.82 Å².